The van der Waals surface area contributed by atoms with Gasteiger partial charge in [0.25, 0.3) is 11.7 Å². The third-order valence-electron chi connectivity index (χ3n) is 3.32. The maximum Gasteiger partial charge on any atom is 0.355 e. The standard InChI is InChI=1S/C17H16F2N2O4S/c1-10(22)11-7-14(21(2)8-11)16(24)25-9-15(23)20-12-3-5-13(6-4-12)26-17(18)19/h3-8,17H,9H2,1-2H3,(H,20,23). The van der Waals surface area contributed by atoms with Crippen LogP contribution in [-0.4, -0.2) is 34.6 Å². The first-order chi connectivity index (χ1) is 12.3. The van der Waals surface area contributed by atoms with Crippen LogP contribution in [0.2, 0.25) is 0 Å². The van der Waals surface area contributed by atoms with E-state index in [1.807, 2.05) is 0 Å². The number of carbonyl (C=O) groups excluding carboxylic acids is 3. The quantitative estimate of drug-likeness (QED) is 0.452. The molecule has 9 heteroatoms. The van der Waals surface area contributed by atoms with Crippen LogP contribution in [0.25, 0.3) is 0 Å². The largest absolute Gasteiger partial charge is 0.451 e. The van der Waals surface area contributed by atoms with Crippen LogP contribution in [0.4, 0.5) is 14.5 Å². The predicted octanol–water partition coefficient (Wildman–Crippen LogP) is 3.34. The summed E-state index contributed by atoms with van der Waals surface area (Å²) in [5.74, 6) is -4.02. The Kier molecular flexibility index (Phi) is 6.51. The second-order valence-corrected chi connectivity index (χ2v) is 6.37. The van der Waals surface area contributed by atoms with E-state index in [2.05, 4.69) is 5.32 Å². The molecule has 0 aliphatic heterocycles. The second kappa shape index (κ2) is 8.61. The van der Waals surface area contributed by atoms with E-state index in [0.29, 0.717) is 27.9 Å². The van der Waals surface area contributed by atoms with Gasteiger partial charge < -0.3 is 14.6 Å². The average Bonchev–Trinajstić information content (AvgIpc) is 2.96. The number of thioether (sulfide) groups is 1. The Labute approximate surface area is 152 Å². The molecule has 2 rings (SSSR count). The fraction of sp³-hybridized carbons (Fsp3) is 0.235. The van der Waals surface area contributed by atoms with Gasteiger partial charge in [-0.05, 0) is 37.3 Å². The van der Waals surface area contributed by atoms with Crippen molar-refractivity contribution in [3.8, 4) is 0 Å². The maximum atomic E-state index is 12.2. The predicted molar refractivity (Wildman–Crippen MR) is 92.6 cm³/mol. The fourth-order valence-corrected chi connectivity index (χ4v) is 2.58. The monoisotopic (exact) mass is 382 g/mol. The molecule has 0 radical (unpaired) electrons. The molecule has 0 bridgehead atoms. The zero-order chi connectivity index (χ0) is 19.3. The van der Waals surface area contributed by atoms with Crippen molar-refractivity contribution in [3.63, 3.8) is 0 Å². The van der Waals surface area contributed by atoms with E-state index in [1.165, 1.54) is 48.0 Å². The van der Waals surface area contributed by atoms with Crippen molar-refractivity contribution in [2.75, 3.05) is 11.9 Å². The van der Waals surface area contributed by atoms with E-state index in [9.17, 15) is 23.2 Å². The lowest BCUT2D eigenvalue weighted by atomic mass is 10.2. The van der Waals surface area contributed by atoms with Crippen LogP contribution in [0.3, 0.4) is 0 Å². The number of amides is 1. The van der Waals surface area contributed by atoms with Crippen LogP contribution in [0, 0.1) is 0 Å². The molecule has 0 saturated carbocycles. The number of halogens is 2. The number of ether oxygens (including phenoxy) is 1. The number of hydrogen-bond donors (Lipinski definition) is 1. The normalized spacial score (nSPS) is 10.7. The van der Waals surface area contributed by atoms with Crippen molar-refractivity contribution < 1.29 is 27.9 Å². The van der Waals surface area contributed by atoms with Gasteiger partial charge in [-0.25, -0.2) is 4.79 Å². The Bertz CT molecular complexity index is 819. The number of aryl methyl sites for hydroxylation is 1. The number of rotatable bonds is 7. The number of benzene rings is 1. The highest BCUT2D eigenvalue weighted by molar-refractivity contribution is 7.99. The van der Waals surface area contributed by atoms with Gasteiger partial charge in [0.05, 0.1) is 0 Å². The van der Waals surface area contributed by atoms with E-state index >= 15 is 0 Å². The van der Waals surface area contributed by atoms with Gasteiger partial charge >= 0.3 is 5.97 Å². The topological polar surface area (TPSA) is 77.4 Å². The lowest BCUT2D eigenvalue weighted by Crippen LogP contribution is -2.21. The van der Waals surface area contributed by atoms with E-state index in [-0.39, 0.29) is 11.5 Å². The molecule has 1 N–H and O–H groups in total. The van der Waals surface area contributed by atoms with Crippen LogP contribution >= 0.6 is 11.8 Å². The van der Waals surface area contributed by atoms with Gasteiger partial charge in [0.1, 0.15) is 5.69 Å². The number of anilines is 1. The van der Waals surface area contributed by atoms with Crippen molar-refractivity contribution in [2.45, 2.75) is 17.6 Å². The zero-order valence-corrected chi connectivity index (χ0v) is 14.8. The summed E-state index contributed by atoms with van der Waals surface area (Å²) < 4.78 is 30.9. The van der Waals surface area contributed by atoms with Gasteiger partial charge in [0.15, 0.2) is 12.4 Å². The van der Waals surface area contributed by atoms with Gasteiger partial charge in [-0.2, -0.15) is 8.78 Å². The Balaban J connectivity index is 1.88. The number of hydrogen-bond acceptors (Lipinski definition) is 5. The molecule has 2 aromatic rings. The molecular weight excluding hydrogens is 366 g/mol. The van der Waals surface area contributed by atoms with Crippen molar-refractivity contribution in [3.05, 3.63) is 47.8 Å². The first-order valence-corrected chi connectivity index (χ1v) is 8.33. The highest BCUT2D eigenvalue weighted by atomic mass is 32.2. The van der Waals surface area contributed by atoms with Gasteiger partial charge in [-0.1, -0.05) is 11.8 Å². The highest BCUT2D eigenvalue weighted by Crippen LogP contribution is 2.26. The molecule has 1 aromatic heterocycles. The Morgan fingerprint density at radius 1 is 1.23 bits per heavy atom. The SMILES string of the molecule is CC(=O)c1cc(C(=O)OCC(=O)Nc2ccc(SC(F)F)cc2)n(C)c1. The molecule has 1 heterocycles. The number of aromatic nitrogens is 1. The maximum absolute atomic E-state index is 12.2. The Morgan fingerprint density at radius 2 is 1.88 bits per heavy atom. The first-order valence-electron chi connectivity index (χ1n) is 7.45. The van der Waals surface area contributed by atoms with E-state index in [1.54, 1.807) is 7.05 Å². The van der Waals surface area contributed by atoms with Crippen molar-refractivity contribution in [1.82, 2.24) is 4.57 Å². The summed E-state index contributed by atoms with van der Waals surface area (Å²) in [5, 5.41) is 2.49. The summed E-state index contributed by atoms with van der Waals surface area (Å²) >= 11 is 0.401. The minimum absolute atomic E-state index is 0.149. The first kappa shape index (κ1) is 19.6. The lowest BCUT2D eigenvalue weighted by molar-refractivity contribution is -0.119. The molecule has 1 amide bonds. The third kappa shape index (κ3) is 5.41. The summed E-state index contributed by atoms with van der Waals surface area (Å²) in [7, 11) is 1.59. The summed E-state index contributed by atoms with van der Waals surface area (Å²) in [4.78, 5) is 35.5. The smallest absolute Gasteiger partial charge is 0.355 e. The van der Waals surface area contributed by atoms with Crippen LogP contribution in [0.15, 0.2) is 41.4 Å². The number of esters is 1. The molecule has 1 aromatic carbocycles. The van der Waals surface area contributed by atoms with E-state index in [4.69, 9.17) is 4.74 Å². The minimum atomic E-state index is -2.52. The van der Waals surface area contributed by atoms with Gasteiger partial charge in [-0.15, -0.1) is 0 Å². The minimum Gasteiger partial charge on any atom is -0.451 e. The summed E-state index contributed by atoms with van der Waals surface area (Å²) in [5.41, 5.74) is 0.907. The summed E-state index contributed by atoms with van der Waals surface area (Å²) in [6.45, 7) is 0.857. The van der Waals surface area contributed by atoms with E-state index < -0.39 is 24.2 Å². The molecule has 0 aliphatic rings. The van der Waals surface area contributed by atoms with Crippen LogP contribution in [0.5, 0.6) is 0 Å². The van der Waals surface area contributed by atoms with Crippen molar-refractivity contribution in [1.29, 1.82) is 0 Å². The molecule has 0 unspecified atom stereocenters. The average molecular weight is 382 g/mol. The summed E-state index contributed by atoms with van der Waals surface area (Å²) in [6.07, 6.45) is 1.50. The lowest BCUT2D eigenvalue weighted by Gasteiger charge is -2.08. The van der Waals surface area contributed by atoms with Gasteiger partial charge in [0.2, 0.25) is 0 Å². The van der Waals surface area contributed by atoms with Gasteiger partial charge in [-0.3, -0.25) is 9.59 Å². The van der Waals surface area contributed by atoms with Crippen LogP contribution < -0.4 is 5.32 Å². The van der Waals surface area contributed by atoms with Gasteiger partial charge in [0, 0.05) is 29.4 Å². The molecule has 0 saturated heterocycles. The number of nitrogens with one attached hydrogen (secondary N) is 1. The number of nitrogens with zero attached hydrogens (tertiary/aromatic N) is 1. The van der Waals surface area contributed by atoms with Crippen molar-refractivity contribution >= 4 is 35.1 Å². The summed E-state index contributed by atoms with van der Waals surface area (Å²) in [6, 6.07) is 7.24. The zero-order valence-electron chi connectivity index (χ0n) is 14.0. The second-order valence-electron chi connectivity index (χ2n) is 5.31. The molecule has 0 fully saturated rings. The van der Waals surface area contributed by atoms with Crippen molar-refractivity contribution in [2.24, 2.45) is 7.05 Å². The molecule has 138 valence electrons. The molecule has 6 nitrogen and oxygen atoms in total. The van der Waals surface area contributed by atoms with Crippen LogP contribution in [0.1, 0.15) is 27.8 Å². The third-order valence-corrected chi connectivity index (χ3v) is 4.04. The molecule has 0 aliphatic carbocycles. The number of Topliss-reactive ketones (excluding diaryl/α,β-unsaturated/α-hetero) is 1. The number of alkyl halides is 2. The Hall–Kier alpha value is -2.68. The number of ketones is 1. The van der Waals surface area contributed by atoms with Crippen LogP contribution in [-0.2, 0) is 16.6 Å². The molecule has 26 heavy (non-hydrogen) atoms. The highest BCUT2D eigenvalue weighted by Gasteiger charge is 2.16. The van der Waals surface area contributed by atoms with E-state index in [0.717, 1.165) is 0 Å². The molecule has 0 spiro atoms. The number of carbonyl (C=O) groups is 3. The molecular formula is C17H16F2N2O4S. The Morgan fingerprint density at radius 3 is 2.42 bits per heavy atom. The molecule has 0 atom stereocenters. The fourth-order valence-electron chi connectivity index (χ4n) is 2.08.